The highest BCUT2D eigenvalue weighted by Crippen LogP contribution is 2.10. The third-order valence-electron chi connectivity index (χ3n) is 4.13. The Hall–Kier alpha value is -3.69. The molecule has 0 saturated heterocycles. The largest absolute Gasteiger partial charge is 0.494 e. The number of aryl methyl sites for hydroxylation is 1. The zero-order valence-electron chi connectivity index (χ0n) is 15.7. The molecule has 10 heteroatoms. The molecule has 3 aromatic rings. The van der Waals surface area contributed by atoms with E-state index in [9.17, 15) is 14.4 Å². The van der Waals surface area contributed by atoms with Gasteiger partial charge in [0.15, 0.2) is 11.2 Å². The van der Waals surface area contributed by atoms with Gasteiger partial charge in [-0.3, -0.25) is 18.7 Å². The highest BCUT2D eigenvalue weighted by molar-refractivity contribution is 5.83. The summed E-state index contributed by atoms with van der Waals surface area (Å²) in [5, 5.41) is 3.91. The number of fused-ring (bicyclic) bond motifs is 1. The Morgan fingerprint density at radius 2 is 1.93 bits per heavy atom. The van der Waals surface area contributed by atoms with Gasteiger partial charge in [-0.15, -0.1) is 0 Å². The molecular formula is C18H20N6O4. The lowest BCUT2D eigenvalue weighted by Gasteiger charge is -2.06. The highest BCUT2D eigenvalue weighted by atomic mass is 16.5. The molecule has 2 heterocycles. The number of amides is 1. The lowest BCUT2D eigenvalue weighted by Crippen LogP contribution is -2.38. The van der Waals surface area contributed by atoms with Gasteiger partial charge in [0.05, 0.1) is 19.1 Å². The summed E-state index contributed by atoms with van der Waals surface area (Å²) in [7, 11) is 2.89. The molecule has 1 amide bonds. The van der Waals surface area contributed by atoms with Gasteiger partial charge in [0, 0.05) is 14.1 Å². The number of hydrazone groups is 1. The summed E-state index contributed by atoms with van der Waals surface area (Å²) < 4.78 is 8.98. The molecule has 0 unspecified atom stereocenters. The van der Waals surface area contributed by atoms with Crippen LogP contribution in [0.5, 0.6) is 5.75 Å². The number of hydrogen-bond acceptors (Lipinski definition) is 6. The number of imidazole rings is 1. The number of carbonyl (C=O) groups excluding carboxylic acids is 1. The molecule has 146 valence electrons. The van der Waals surface area contributed by atoms with Crippen molar-refractivity contribution in [1.29, 1.82) is 0 Å². The average Bonchev–Trinajstić information content (AvgIpc) is 3.10. The lowest BCUT2D eigenvalue weighted by atomic mass is 10.2. The Kier molecular flexibility index (Phi) is 5.39. The molecule has 0 bridgehead atoms. The third-order valence-corrected chi connectivity index (χ3v) is 4.13. The Bertz CT molecular complexity index is 1150. The van der Waals surface area contributed by atoms with Gasteiger partial charge in [-0.25, -0.2) is 15.2 Å². The normalized spacial score (nSPS) is 11.2. The molecule has 0 fully saturated rings. The molecule has 1 N–H and O–H groups in total. The summed E-state index contributed by atoms with van der Waals surface area (Å²) in [5.41, 5.74) is 2.60. The molecule has 2 aromatic heterocycles. The Morgan fingerprint density at radius 3 is 2.61 bits per heavy atom. The summed E-state index contributed by atoms with van der Waals surface area (Å²) in [6.07, 6.45) is 2.85. The first-order chi connectivity index (χ1) is 13.4. The van der Waals surface area contributed by atoms with Crippen LogP contribution in [0.3, 0.4) is 0 Å². The first-order valence-corrected chi connectivity index (χ1v) is 8.58. The molecule has 0 atom stereocenters. The molecule has 0 aliphatic heterocycles. The minimum absolute atomic E-state index is 0.162. The van der Waals surface area contributed by atoms with Crippen molar-refractivity contribution >= 4 is 23.3 Å². The zero-order chi connectivity index (χ0) is 20.3. The van der Waals surface area contributed by atoms with Crippen LogP contribution >= 0.6 is 0 Å². The maximum atomic E-state index is 12.4. The van der Waals surface area contributed by atoms with Gasteiger partial charge in [-0.1, -0.05) is 0 Å². The monoisotopic (exact) mass is 384 g/mol. The van der Waals surface area contributed by atoms with Gasteiger partial charge < -0.3 is 9.30 Å². The average molecular weight is 384 g/mol. The van der Waals surface area contributed by atoms with Gasteiger partial charge >= 0.3 is 5.69 Å². The number of hydrogen-bond donors (Lipinski definition) is 1. The van der Waals surface area contributed by atoms with E-state index in [1.807, 2.05) is 31.2 Å². The van der Waals surface area contributed by atoms with Crippen LogP contribution < -0.4 is 21.4 Å². The fourth-order valence-corrected chi connectivity index (χ4v) is 2.70. The number of aromatic nitrogens is 4. The molecule has 0 aliphatic rings. The molecular weight excluding hydrogens is 364 g/mol. The summed E-state index contributed by atoms with van der Waals surface area (Å²) in [4.78, 5) is 40.5. The van der Waals surface area contributed by atoms with Crippen LogP contribution in [0, 0.1) is 0 Å². The van der Waals surface area contributed by atoms with Crippen molar-refractivity contribution < 1.29 is 9.53 Å². The van der Waals surface area contributed by atoms with Crippen molar-refractivity contribution in [3.05, 3.63) is 57.0 Å². The molecule has 1 aromatic carbocycles. The van der Waals surface area contributed by atoms with Crippen LogP contribution in [0.2, 0.25) is 0 Å². The first-order valence-electron chi connectivity index (χ1n) is 8.58. The van der Waals surface area contributed by atoms with E-state index in [0.717, 1.165) is 15.9 Å². The standard InChI is InChI=1S/C18H20N6O4/c1-4-28-13-7-5-12(6-8-13)9-20-21-14(25)10-24-11-19-16-15(24)17(26)23(3)18(27)22(16)2/h5-9,11H,4,10H2,1-3H3,(H,21,25)/b20-9+. The van der Waals surface area contributed by atoms with Crippen molar-refractivity contribution in [3.63, 3.8) is 0 Å². The van der Waals surface area contributed by atoms with Crippen molar-refractivity contribution in [1.82, 2.24) is 24.1 Å². The topological polar surface area (TPSA) is 113 Å². The minimum atomic E-state index is -0.513. The van der Waals surface area contributed by atoms with Crippen LogP contribution in [0.25, 0.3) is 11.2 Å². The smallest absolute Gasteiger partial charge is 0.332 e. The lowest BCUT2D eigenvalue weighted by molar-refractivity contribution is -0.121. The molecule has 0 spiro atoms. The fourth-order valence-electron chi connectivity index (χ4n) is 2.70. The SMILES string of the molecule is CCOc1ccc(/C=N/NC(=O)Cn2cnc3c2c(=O)n(C)c(=O)n3C)cc1. The third kappa shape index (κ3) is 3.70. The van der Waals surface area contributed by atoms with E-state index < -0.39 is 17.2 Å². The summed E-state index contributed by atoms with van der Waals surface area (Å²) >= 11 is 0. The fraction of sp³-hybridized carbons (Fsp3) is 0.278. The second-order valence-corrected chi connectivity index (χ2v) is 6.05. The maximum absolute atomic E-state index is 12.4. The zero-order valence-corrected chi connectivity index (χ0v) is 15.7. The van der Waals surface area contributed by atoms with Crippen LogP contribution in [0.4, 0.5) is 0 Å². The molecule has 0 saturated carbocycles. The number of carbonyl (C=O) groups is 1. The van der Waals surface area contributed by atoms with Gasteiger partial charge in [0.2, 0.25) is 0 Å². The van der Waals surface area contributed by atoms with Crippen LogP contribution in [-0.4, -0.2) is 37.4 Å². The maximum Gasteiger partial charge on any atom is 0.332 e. The van der Waals surface area contributed by atoms with Crippen molar-refractivity contribution in [2.75, 3.05) is 6.61 Å². The number of ether oxygens (including phenoxy) is 1. The van der Waals surface area contributed by atoms with Crippen molar-refractivity contribution in [2.24, 2.45) is 19.2 Å². The quantitative estimate of drug-likeness (QED) is 0.474. The van der Waals surface area contributed by atoms with Gasteiger partial charge in [0.25, 0.3) is 11.5 Å². The number of rotatable bonds is 6. The van der Waals surface area contributed by atoms with Gasteiger partial charge in [-0.2, -0.15) is 5.10 Å². The predicted molar refractivity (Wildman–Crippen MR) is 104 cm³/mol. The van der Waals surface area contributed by atoms with E-state index in [-0.39, 0.29) is 17.7 Å². The van der Waals surface area contributed by atoms with Gasteiger partial charge in [-0.05, 0) is 36.8 Å². The van der Waals surface area contributed by atoms with Crippen molar-refractivity contribution in [2.45, 2.75) is 13.5 Å². The van der Waals surface area contributed by atoms with Crippen LogP contribution in [0.1, 0.15) is 12.5 Å². The van der Waals surface area contributed by atoms with E-state index in [0.29, 0.717) is 6.61 Å². The second-order valence-electron chi connectivity index (χ2n) is 6.05. The number of nitrogens with one attached hydrogen (secondary N) is 1. The van der Waals surface area contributed by atoms with E-state index in [4.69, 9.17) is 4.74 Å². The summed E-state index contributed by atoms with van der Waals surface area (Å²) in [6.45, 7) is 2.33. The molecule has 0 aliphatic carbocycles. The molecule has 28 heavy (non-hydrogen) atoms. The second kappa shape index (κ2) is 7.91. The van der Waals surface area contributed by atoms with E-state index in [2.05, 4.69) is 15.5 Å². The number of nitrogens with zero attached hydrogens (tertiary/aromatic N) is 5. The molecule has 0 radical (unpaired) electrons. The number of benzene rings is 1. The predicted octanol–water partition coefficient (Wildman–Crippen LogP) is -0.0173. The molecule has 3 rings (SSSR count). The highest BCUT2D eigenvalue weighted by Gasteiger charge is 2.15. The van der Waals surface area contributed by atoms with Crippen molar-refractivity contribution in [3.8, 4) is 5.75 Å². The summed E-state index contributed by atoms with van der Waals surface area (Å²) in [5.74, 6) is 0.323. The Balaban J connectivity index is 1.72. The Morgan fingerprint density at radius 1 is 1.21 bits per heavy atom. The van der Waals surface area contributed by atoms with E-state index in [1.165, 1.54) is 35.8 Å². The van der Waals surface area contributed by atoms with E-state index in [1.54, 1.807) is 0 Å². The Labute approximate surface area is 159 Å². The van der Waals surface area contributed by atoms with Crippen LogP contribution in [0.15, 0.2) is 45.3 Å². The van der Waals surface area contributed by atoms with E-state index >= 15 is 0 Å². The van der Waals surface area contributed by atoms with Gasteiger partial charge in [0.1, 0.15) is 12.3 Å². The summed E-state index contributed by atoms with van der Waals surface area (Å²) in [6, 6.07) is 7.25. The molecule has 10 nitrogen and oxygen atoms in total. The minimum Gasteiger partial charge on any atom is -0.494 e. The first kappa shape index (κ1) is 19.1. The van der Waals surface area contributed by atoms with Crippen LogP contribution in [-0.2, 0) is 25.4 Å².